The molecule has 1 amide bonds. The molecule has 2 fully saturated rings. The fraction of sp³-hybridized carbons (Fsp3) is 0.533. The lowest BCUT2D eigenvalue weighted by Crippen LogP contribution is -2.49. The quantitative estimate of drug-likeness (QED) is 0.905. The van der Waals surface area contributed by atoms with Crippen LogP contribution in [0.5, 0.6) is 0 Å². The Morgan fingerprint density at radius 1 is 1.24 bits per heavy atom. The van der Waals surface area contributed by atoms with Crippen molar-refractivity contribution in [2.75, 3.05) is 32.8 Å². The number of carbonyl (C=O) groups excluding carboxylic acids is 1. The highest BCUT2D eigenvalue weighted by molar-refractivity contribution is 6.42. The number of hydrogen-bond donors (Lipinski definition) is 1. The van der Waals surface area contributed by atoms with E-state index in [1.807, 2.05) is 17.0 Å². The van der Waals surface area contributed by atoms with Crippen molar-refractivity contribution in [3.63, 3.8) is 0 Å². The number of benzene rings is 1. The molecule has 2 aliphatic heterocycles. The summed E-state index contributed by atoms with van der Waals surface area (Å²) in [7, 11) is 0. The minimum Gasteiger partial charge on any atom is -0.378 e. The van der Waals surface area contributed by atoms with Gasteiger partial charge in [-0.2, -0.15) is 0 Å². The van der Waals surface area contributed by atoms with E-state index in [9.17, 15) is 4.79 Å². The molecule has 0 saturated carbocycles. The summed E-state index contributed by atoms with van der Waals surface area (Å²) < 4.78 is 5.31. The highest BCUT2D eigenvalue weighted by atomic mass is 35.5. The molecule has 4 nitrogen and oxygen atoms in total. The van der Waals surface area contributed by atoms with Crippen molar-refractivity contribution in [1.82, 2.24) is 10.2 Å². The molecule has 114 valence electrons. The van der Waals surface area contributed by atoms with Crippen LogP contribution in [0.2, 0.25) is 10.0 Å². The minimum absolute atomic E-state index is 0.148. The second-order valence-electron chi connectivity index (χ2n) is 5.44. The number of halogens is 2. The maximum Gasteiger partial charge on any atom is 0.240 e. The van der Waals surface area contributed by atoms with Gasteiger partial charge in [0.2, 0.25) is 5.91 Å². The third kappa shape index (κ3) is 3.19. The van der Waals surface area contributed by atoms with Crippen LogP contribution in [0.15, 0.2) is 18.2 Å². The highest BCUT2D eigenvalue weighted by Gasteiger charge is 2.36. The molecule has 1 N–H and O–H groups in total. The van der Waals surface area contributed by atoms with E-state index in [1.54, 1.807) is 6.07 Å². The molecule has 2 saturated heterocycles. The van der Waals surface area contributed by atoms with Crippen LogP contribution >= 0.6 is 23.2 Å². The molecule has 6 heteroatoms. The van der Waals surface area contributed by atoms with Crippen LogP contribution in [0.4, 0.5) is 0 Å². The summed E-state index contributed by atoms with van der Waals surface area (Å²) in [4.78, 5) is 14.6. The third-order valence-corrected chi connectivity index (χ3v) is 4.92. The molecule has 1 aromatic carbocycles. The van der Waals surface area contributed by atoms with E-state index in [-0.39, 0.29) is 17.9 Å². The number of hydrogen-bond acceptors (Lipinski definition) is 3. The zero-order valence-electron chi connectivity index (χ0n) is 11.6. The van der Waals surface area contributed by atoms with Gasteiger partial charge in [-0.15, -0.1) is 0 Å². The normalized spacial score (nSPS) is 26.1. The van der Waals surface area contributed by atoms with E-state index < -0.39 is 0 Å². The molecule has 2 atom stereocenters. The molecular weight excluding hydrogens is 311 g/mol. The van der Waals surface area contributed by atoms with Gasteiger partial charge in [0.15, 0.2) is 0 Å². The number of ether oxygens (including phenoxy) is 1. The topological polar surface area (TPSA) is 41.6 Å². The van der Waals surface area contributed by atoms with Crippen molar-refractivity contribution in [2.24, 2.45) is 0 Å². The maximum atomic E-state index is 12.7. The van der Waals surface area contributed by atoms with Gasteiger partial charge in [-0.25, -0.2) is 0 Å². The Morgan fingerprint density at radius 3 is 2.71 bits per heavy atom. The lowest BCUT2D eigenvalue weighted by atomic mass is 9.91. The molecule has 0 aliphatic carbocycles. The molecule has 0 unspecified atom stereocenters. The van der Waals surface area contributed by atoms with Crippen LogP contribution in [-0.4, -0.2) is 49.7 Å². The zero-order valence-corrected chi connectivity index (χ0v) is 13.2. The van der Waals surface area contributed by atoms with E-state index in [1.165, 1.54) is 0 Å². The first-order valence-electron chi connectivity index (χ1n) is 7.21. The predicted molar refractivity (Wildman–Crippen MR) is 83.0 cm³/mol. The van der Waals surface area contributed by atoms with Crippen molar-refractivity contribution in [3.8, 4) is 0 Å². The fourth-order valence-corrected chi connectivity index (χ4v) is 3.35. The Labute approximate surface area is 134 Å². The molecule has 0 aromatic heterocycles. The van der Waals surface area contributed by atoms with E-state index >= 15 is 0 Å². The maximum absolute atomic E-state index is 12.7. The van der Waals surface area contributed by atoms with Gasteiger partial charge in [-0.3, -0.25) is 4.79 Å². The molecule has 0 radical (unpaired) electrons. The van der Waals surface area contributed by atoms with Crippen LogP contribution in [0.3, 0.4) is 0 Å². The van der Waals surface area contributed by atoms with E-state index in [0.29, 0.717) is 36.3 Å². The molecule has 0 spiro atoms. The molecule has 0 bridgehead atoms. The average molecular weight is 329 g/mol. The number of morpholine rings is 1. The van der Waals surface area contributed by atoms with Crippen molar-refractivity contribution >= 4 is 29.1 Å². The first-order valence-corrected chi connectivity index (χ1v) is 7.97. The summed E-state index contributed by atoms with van der Waals surface area (Å²) in [5.74, 6) is 0.307. The van der Waals surface area contributed by atoms with Gasteiger partial charge in [0, 0.05) is 19.0 Å². The van der Waals surface area contributed by atoms with Crippen molar-refractivity contribution < 1.29 is 9.53 Å². The molecule has 2 aliphatic rings. The van der Waals surface area contributed by atoms with Gasteiger partial charge in [0.25, 0.3) is 0 Å². The summed E-state index contributed by atoms with van der Waals surface area (Å²) in [5, 5.41) is 4.41. The third-order valence-electron chi connectivity index (χ3n) is 4.18. The lowest BCUT2D eigenvalue weighted by molar-refractivity contribution is -0.137. The zero-order chi connectivity index (χ0) is 14.8. The minimum atomic E-state index is -0.180. The Morgan fingerprint density at radius 2 is 2.00 bits per heavy atom. The van der Waals surface area contributed by atoms with Gasteiger partial charge in [-0.1, -0.05) is 29.3 Å². The lowest BCUT2D eigenvalue weighted by Gasteiger charge is -2.31. The largest absolute Gasteiger partial charge is 0.378 e. The Hall–Kier alpha value is -0.810. The number of nitrogens with zero attached hydrogens (tertiary/aromatic N) is 1. The Bertz CT molecular complexity index is 532. The van der Waals surface area contributed by atoms with Crippen LogP contribution in [0, 0.1) is 0 Å². The number of carbonyl (C=O) groups is 1. The monoisotopic (exact) mass is 328 g/mol. The van der Waals surface area contributed by atoms with E-state index in [0.717, 1.165) is 18.5 Å². The number of rotatable bonds is 2. The van der Waals surface area contributed by atoms with Gasteiger partial charge < -0.3 is 15.0 Å². The van der Waals surface area contributed by atoms with Crippen molar-refractivity contribution in [3.05, 3.63) is 33.8 Å². The van der Waals surface area contributed by atoms with Crippen molar-refractivity contribution in [2.45, 2.75) is 18.4 Å². The first kappa shape index (κ1) is 15.1. The molecule has 1 aromatic rings. The average Bonchev–Trinajstić information content (AvgIpc) is 2.99. The molecule has 3 rings (SSSR count). The summed E-state index contributed by atoms with van der Waals surface area (Å²) in [5.41, 5.74) is 1.07. The van der Waals surface area contributed by atoms with Crippen LogP contribution in [0.1, 0.15) is 17.9 Å². The van der Waals surface area contributed by atoms with Crippen LogP contribution in [-0.2, 0) is 9.53 Å². The first-order chi connectivity index (χ1) is 10.2. The Balaban J connectivity index is 1.78. The predicted octanol–water partition coefficient (Wildman–Crippen LogP) is 2.30. The second-order valence-corrected chi connectivity index (χ2v) is 6.25. The number of nitrogens with one attached hydrogen (secondary N) is 1. The molecular formula is C15H18Cl2N2O2. The summed E-state index contributed by atoms with van der Waals surface area (Å²) in [6.45, 7) is 3.42. The molecule has 2 heterocycles. The van der Waals surface area contributed by atoms with Gasteiger partial charge in [0.05, 0.1) is 29.3 Å². The standard InChI is InChI=1S/C15H18Cl2N2O2/c16-12-2-1-10(9-13(12)17)11-3-4-18-14(11)15(20)19-5-7-21-8-6-19/h1-2,9,11,14,18H,3-8H2/t11-,14+/m0/s1. The summed E-state index contributed by atoms with van der Waals surface area (Å²) in [6.07, 6.45) is 0.929. The highest BCUT2D eigenvalue weighted by Crippen LogP contribution is 2.33. The second kappa shape index (κ2) is 6.53. The van der Waals surface area contributed by atoms with E-state index in [4.69, 9.17) is 27.9 Å². The van der Waals surface area contributed by atoms with Crippen LogP contribution < -0.4 is 5.32 Å². The smallest absolute Gasteiger partial charge is 0.240 e. The SMILES string of the molecule is O=C([C@@H]1NCC[C@H]1c1ccc(Cl)c(Cl)c1)N1CCOCC1. The van der Waals surface area contributed by atoms with Gasteiger partial charge in [0.1, 0.15) is 0 Å². The van der Waals surface area contributed by atoms with Gasteiger partial charge >= 0.3 is 0 Å². The van der Waals surface area contributed by atoms with Crippen molar-refractivity contribution in [1.29, 1.82) is 0 Å². The fourth-order valence-electron chi connectivity index (χ4n) is 3.05. The van der Waals surface area contributed by atoms with E-state index in [2.05, 4.69) is 5.32 Å². The number of amides is 1. The molecule has 21 heavy (non-hydrogen) atoms. The van der Waals surface area contributed by atoms with Crippen LogP contribution in [0.25, 0.3) is 0 Å². The van der Waals surface area contributed by atoms with Gasteiger partial charge in [-0.05, 0) is 30.7 Å². The summed E-state index contributed by atoms with van der Waals surface area (Å²) >= 11 is 12.1. The Kier molecular flexibility index (Phi) is 4.69. The summed E-state index contributed by atoms with van der Waals surface area (Å²) in [6, 6.07) is 5.46.